The highest BCUT2D eigenvalue weighted by molar-refractivity contribution is 7.91. The molecule has 0 bridgehead atoms. The third-order valence-electron chi connectivity index (χ3n) is 4.40. The molecule has 27 heavy (non-hydrogen) atoms. The van der Waals surface area contributed by atoms with Gasteiger partial charge in [-0.15, -0.1) is 0 Å². The van der Waals surface area contributed by atoms with Crippen LogP contribution in [0.3, 0.4) is 0 Å². The second-order valence-electron chi connectivity index (χ2n) is 7.07. The van der Waals surface area contributed by atoms with Crippen molar-refractivity contribution in [2.24, 2.45) is 5.92 Å². The van der Waals surface area contributed by atoms with Gasteiger partial charge in [-0.3, -0.25) is 14.3 Å². The predicted molar refractivity (Wildman–Crippen MR) is 97.6 cm³/mol. The minimum atomic E-state index is -3.13. The Morgan fingerprint density at radius 1 is 1.41 bits per heavy atom. The van der Waals surface area contributed by atoms with Gasteiger partial charge in [-0.1, -0.05) is 25.1 Å². The predicted octanol–water partition coefficient (Wildman–Crippen LogP) is 0.570. The quantitative estimate of drug-likeness (QED) is 0.703. The van der Waals surface area contributed by atoms with Crippen LogP contribution in [0.1, 0.15) is 20.3 Å². The average Bonchev–Trinajstić information content (AvgIpc) is 3.16. The molecule has 3 rings (SSSR count). The minimum Gasteiger partial charge on any atom is -0.337 e. The first-order valence-corrected chi connectivity index (χ1v) is 10.6. The number of carbonyl (C=O) groups excluding carboxylic acids is 1. The first kappa shape index (κ1) is 19.3. The van der Waals surface area contributed by atoms with Crippen LogP contribution in [0, 0.1) is 5.92 Å². The zero-order chi connectivity index (χ0) is 19.6. The first-order chi connectivity index (χ1) is 12.8. The van der Waals surface area contributed by atoms with E-state index in [1.165, 1.54) is 0 Å². The molecule has 9 nitrogen and oxygen atoms in total. The third-order valence-corrected chi connectivity index (χ3v) is 6.16. The van der Waals surface area contributed by atoms with Gasteiger partial charge >= 0.3 is 5.76 Å². The van der Waals surface area contributed by atoms with E-state index in [4.69, 9.17) is 4.52 Å². The molecule has 146 valence electrons. The minimum absolute atomic E-state index is 0.0445. The van der Waals surface area contributed by atoms with Crippen molar-refractivity contribution >= 4 is 15.7 Å². The summed E-state index contributed by atoms with van der Waals surface area (Å²) >= 11 is 0. The van der Waals surface area contributed by atoms with E-state index in [1.807, 2.05) is 13.8 Å². The van der Waals surface area contributed by atoms with E-state index in [2.05, 4.69) is 10.1 Å². The Morgan fingerprint density at radius 3 is 2.78 bits per heavy atom. The van der Waals surface area contributed by atoms with E-state index >= 15 is 0 Å². The van der Waals surface area contributed by atoms with Crippen molar-refractivity contribution in [1.82, 2.24) is 19.6 Å². The molecule has 2 aromatic heterocycles. The zero-order valence-electron chi connectivity index (χ0n) is 15.2. The summed E-state index contributed by atoms with van der Waals surface area (Å²) in [4.78, 5) is 30.7. The molecule has 0 spiro atoms. The van der Waals surface area contributed by atoms with Crippen molar-refractivity contribution in [2.75, 3.05) is 18.1 Å². The van der Waals surface area contributed by atoms with Crippen molar-refractivity contribution in [3.63, 3.8) is 0 Å². The fourth-order valence-corrected chi connectivity index (χ4v) is 4.91. The van der Waals surface area contributed by atoms with Crippen LogP contribution in [0.15, 0.2) is 33.7 Å². The third kappa shape index (κ3) is 4.44. The summed E-state index contributed by atoms with van der Waals surface area (Å²) in [6.45, 7) is 4.04. The Bertz CT molecular complexity index is 965. The number of amides is 1. The summed E-state index contributed by atoms with van der Waals surface area (Å²) in [6.07, 6.45) is 1.96. The Balaban J connectivity index is 1.86. The lowest BCUT2D eigenvalue weighted by atomic mass is 10.1. The van der Waals surface area contributed by atoms with E-state index in [9.17, 15) is 18.0 Å². The van der Waals surface area contributed by atoms with Crippen LogP contribution in [0.4, 0.5) is 0 Å². The van der Waals surface area contributed by atoms with E-state index in [1.54, 1.807) is 29.3 Å². The van der Waals surface area contributed by atoms with Gasteiger partial charge in [0, 0.05) is 18.8 Å². The maximum Gasteiger partial charge on any atom is 0.442 e. The highest BCUT2D eigenvalue weighted by Crippen LogP contribution is 2.20. The zero-order valence-corrected chi connectivity index (χ0v) is 16.1. The number of carbonyl (C=O) groups is 1. The molecule has 1 atom stereocenters. The average molecular weight is 394 g/mol. The highest BCUT2D eigenvalue weighted by Gasteiger charge is 2.35. The Morgan fingerprint density at radius 2 is 2.19 bits per heavy atom. The summed E-state index contributed by atoms with van der Waals surface area (Å²) in [7, 11) is -3.13. The fourth-order valence-electron chi connectivity index (χ4n) is 3.18. The van der Waals surface area contributed by atoms with E-state index in [0.29, 0.717) is 18.7 Å². The highest BCUT2D eigenvalue weighted by atomic mass is 32.2. The summed E-state index contributed by atoms with van der Waals surface area (Å²) in [5, 5.41) is 3.73. The van der Waals surface area contributed by atoms with Crippen molar-refractivity contribution < 1.29 is 17.7 Å². The summed E-state index contributed by atoms with van der Waals surface area (Å²) < 4.78 is 29.5. The molecule has 0 saturated carbocycles. The molecular formula is C17H22N4O5S. The van der Waals surface area contributed by atoms with E-state index < -0.39 is 15.6 Å². The molecule has 0 radical (unpaired) electrons. The van der Waals surface area contributed by atoms with Gasteiger partial charge in [-0.25, -0.2) is 17.8 Å². The van der Waals surface area contributed by atoms with Gasteiger partial charge in [0.1, 0.15) is 12.2 Å². The summed E-state index contributed by atoms with van der Waals surface area (Å²) in [6, 6.07) is 4.75. The molecule has 2 aromatic rings. The van der Waals surface area contributed by atoms with Crippen molar-refractivity contribution in [1.29, 1.82) is 0 Å². The molecule has 1 aliphatic heterocycles. The Hall–Kier alpha value is -2.49. The van der Waals surface area contributed by atoms with Gasteiger partial charge in [0.15, 0.2) is 9.84 Å². The molecule has 1 amide bonds. The summed E-state index contributed by atoms with van der Waals surface area (Å²) in [5.74, 6) is -0.742. The number of nitrogens with zero attached hydrogens (tertiary/aromatic N) is 4. The van der Waals surface area contributed by atoms with Crippen molar-refractivity contribution in [2.45, 2.75) is 32.9 Å². The lowest BCUT2D eigenvalue weighted by molar-refractivity contribution is -0.134. The molecule has 0 aliphatic carbocycles. The number of sulfone groups is 1. The topological polar surface area (TPSA) is 115 Å². The molecule has 10 heteroatoms. The number of aromatic nitrogens is 3. The normalized spacial score (nSPS) is 18.7. The Labute approximate surface area is 156 Å². The lowest BCUT2D eigenvalue weighted by Crippen LogP contribution is -2.45. The smallest absolute Gasteiger partial charge is 0.337 e. The second-order valence-corrected chi connectivity index (χ2v) is 9.30. The monoisotopic (exact) mass is 394 g/mol. The van der Waals surface area contributed by atoms with Gasteiger partial charge in [0.2, 0.25) is 11.7 Å². The van der Waals surface area contributed by atoms with Gasteiger partial charge < -0.3 is 4.90 Å². The molecule has 0 N–H and O–H groups in total. The van der Waals surface area contributed by atoms with Crippen LogP contribution in [0.25, 0.3) is 11.5 Å². The number of pyridine rings is 1. The summed E-state index contributed by atoms with van der Waals surface area (Å²) in [5.41, 5.74) is 0.412. The van der Waals surface area contributed by atoms with Crippen LogP contribution in [-0.2, 0) is 21.2 Å². The van der Waals surface area contributed by atoms with Crippen LogP contribution < -0.4 is 5.76 Å². The van der Waals surface area contributed by atoms with Crippen LogP contribution in [0.5, 0.6) is 0 Å². The van der Waals surface area contributed by atoms with Crippen molar-refractivity contribution in [3.05, 3.63) is 34.9 Å². The molecular weight excluding hydrogens is 372 g/mol. The standard InChI is InChI=1S/C17H22N4O5S/c1-12(2)9-20(13-6-8-27(24,25)11-13)15(22)10-21-16(19-26-17(21)23)14-5-3-4-7-18-14/h3-5,7,12-13H,6,8-11H2,1-2H3. The largest absolute Gasteiger partial charge is 0.442 e. The van der Waals surface area contributed by atoms with Crippen LogP contribution in [0.2, 0.25) is 0 Å². The van der Waals surface area contributed by atoms with Gasteiger partial charge in [-0.05, 0) is 24.5 Å². The van der Waals surface area contributed by atoms with E-state index in [-0.39, 0.29) is 41.7 Å². The molecule has 0 aromatic carbocycles. The number of hydrogen-bond donors (Lipinski definition) is 0. The number of hydrogen-bond acceptors (Lipinski definition) is 7. The van der Waals surface area contributed by atoms with Crippen LogP contribution >= 0.6 is 0 Å². The molecule has 3 heterocycles. The maximum atomic E-state index is 13.0. The Kier molecular flexibility index (Phi) is 5.45. The molecule has 1 saturated heterocycles. The fraction of sp³-hybridized carbons (Fsp3) is 0.529. The second kappa shape index (κ2) is 7.63. The molecule has 1 unspecified atom stereocenters. The van der Waals surface area contributed by atoms with Gasteiger partial charge in [0.05, 0.1) is 11.5 Å². The van der Waals surface area contributed by atoms with Crippen LogP contribution in [-0.4, -0.2) is 58.0 Å². The molecule has 1 aliphatic rings. The van der Waals surface area contributed by atoms with Crippen molar-refractivity contribution in [3.8, 4) is 11.5 Å². The number of rotatable bonds is 6. The first-order valence-electron chi connectivity index (χ1n) is 8.74. The van der Waals surface area contributed by atoms with Gasteiger partial charge in [0.25, 0.3) is 0 Å². The SMILES string of the molecule is CC(C)CN(C(=O)Cn1c(-c2ccccn2)noc1=O)C1CCS(=O)(=O)C1. The maximum absolute atomic E-state index is 13.0. The van der Waals surface area contributed by atoms with E-state index in [0.717, 1.165) is 4.57 Å². The lowest BCUT2D eigenvalue weighted by Gasteiger charge is -2.30. The van der Waals surface area contributed by atoms with Gasteiger partial charge in [-0.2, -0.15) is 0 Å². The molecule has 1 fully saturated rings.